The molecule has 1 atom stereocenters. The lowest BCUT2D eigenvalue weighted by Gasteiger charge is -2.18. The summed E-state index contributed by atoms with van der Waals surface area (Å²) in [4.78, 5) is 38.5. The Morgan fingerprint density at radius 2 is 0.476 bits per heavy atom. The topological polar surface area (TPSA) is 78.9 Å². The van der Waals surface area contributed by atoms with Gasteiger partial charge in [0.25, 0.3) is 0 Å². The summed E-state index contributed by atoms with van der Waals surface area (Å²) < 4.78 is 17.0. The molecule has 0 aromatic heterocycles. The minimum Gasteiger partial charge on any atom is -0.462 e. The Labute approximate surface area is 510 Å². The first-order valence-corrected chi connectivity index (χ1v) is 35.9. The Balaban J connectivity index is 4.28. The van der Waals surface area contributed by atoms with Crippen molar-refractivity contribution in [3.63, 3.8) is 0 Å². The standard InChI is InChI=1S/C76H136O6/c1-4-7-10-13-16-19-22-25-28-30-32-34-36-37-38-39-41-42-44-46-48-51-54-57-60-63-66-69-75(78)81-72-73(71-80-74(77)68-65-62-59-56-53-50-27-24-21-18-15-12-9-6-3)82-76(79)70-67-64-61-58-55-52-49-47-45-43-40-35-33-31-29-26-23-20-17-14-11-8-5-2/h8,11,17,20,26,29-30,32-33,35,43,45,73H,4-7,9-10,12-16,18-19,21-25,27-28,31,34,36-42,44,46-72H2,1-3H3/b11-8-,20-17-,29-26-,32-30-,35-33-,45-43-. The van der Waals surface area contributed by atoms with Gasteiger partial charge in [-0.25, -0.2) is 0 Å². The van der Waals surface area contributed by atoms with Gasteiger partial charge in [-0.1, -0.05) is 338 Å². The van der Waals surface area contributed by atoms with E-state index in [2.05, 4.69) is 93.7 Å². The molecule has 0 rings (SSSR count). The van der Waals surface area contributed by atoms with Gasteiger partial charge in [-0.2, -0.15) is 0 Å². The summed E-state index contributed by atoms with van der Waals surface area (Å²) in [6, 6.07) is 0. The van der Waals surface area contributed by atoms with Crippen molar-refractivity contribution in [2.75, 3.05) is 13.2 Å². The van der Waals surface area contributed by atoms with Crippen LogP contribution in [0.3, 0.4) is 0 Å². The highest BCUT2D eigenvalue weighted by molar-refractivity contribution is 5.71. The summed E-state index contributed by atoms with van der Waals surface area (Å²) in [6.45, 7) is 6.58. The first-order valence-electron chi connectivity index (χ1n) is 35.9. The number of carbonyl (C=O) groups excluding carboxylic acids is 3. The molecule has 476 valence electrons. The van der Waals surface area contributed by atoms with Gasteiger partial charge in [-0.3, -0.25) is 14.4 Å². The molecule has 0 aliphatic carbocycles. The van der Waals surface area contributed by atoms with Crippen LogP contribution in [0.25, 0.3) is 0 Å². The fourth-order valence-corrected chi connectivity index (χ4v) is 10.6. The average molecular weight is 1150 g/mol. The third-order valence-corrected chi connectivity index (χ3v) is 15.9. The Morgan fingerprint density at radius 1 is 0.256 bits per heavy atom. The molecule has 0 aromatic carbocycles. The first kappa shape index (κ1) is 78.8. The number of unbranched alkanes of at least 4 members (excludes halogenated alkanes) is 43. The van der Waals surface area contributed by atoms with E-state index in [9.17, 15) is 14.4 Å². The van der Waals surface area contributed by atoms with Gasteiger partial charge in [-0.15, -0.1) is 0 Å². The van der Waals surface area contributed by atoms with Crippen molar-refractivity contribution in [1.82, 2.24) is 0 Å². The van der Waals surface area contributed by atoms with Crippen LogP contribution in [0, 0.1) is 0 Å². The van der Waals surface area contributed by atoms with Gasteiger partial charge >= 0.3 is 17.9 Å². The maximum Gasteiger partial charge on any atom is 0.306 e. The number of esters is 3. The molecule has 0 aliphatic rings. The van der Waals surface area contributed by atoms with Gasteiger partial charge in [0, 0.05) is 19.3 Å². The quantitative estimate of drug-likeness (QED) is 0.0261. The van der Waals surface area contributed by atoms with Crippen molar-refractivity contribution in [2.45, 2.75) is 380 Å². The van der Waals surface area contributed by atoms with E-state index < -0.39 is 6.10 Å². The molecule has 0 saturated heterocycles. The monoisotopic (exact) mass is 1150 g/mol. The van der Waals surface area contributed by atoms with Gasteiger partial charge in [0.05, 0.1) is 0 Å². The Hall–Kier alpha value is -3.15. The van der Waals surface area contributed by atoms with E-state index in [0.717, 1.165) is 96.3 Å². The maximum absolute atomic E-state index is 13.0. The molecule has 82 heavy (non-hydrogen) atoms. The smallest absolute Gasteiger partial charge is 0.306 e. The van der Waals surface area contributed by atoms with Crippen molar-refractivity contribution in [1.29, 1.82) is 0 Å². The highest BCUT2D eigenvalue weighted by Gasteiger charge is 2.19. The van der Waals surface area contributed by atoms with Gasteiger partial charge in [0.1, 0.15) is 13.2 Å². The number of hydrogen-bond donors (Lipinski definition) is 0. The minimum atomic E-state index is -0.781. The lowest BCUT2D eigenvalue weighted by atomic mass is 10.0. The molecule has 0 heterocycles. The average Bonchev–Trinajstić information content (AvgIpc) is 3.47. The van der Waals surface area contributed by atoms with Crippen LogP contribution in [-0.4, -0.2) is 37.2 Å². The van der Waals surface area contributed by atoms with Crippen LogP contribution in [0.4, 0.5) is 0 Å². The fraction of sp³-hybridized carbons (Fsp3) is 0.803. The molecule has 0 radical (unpaired) electrons. The number of rotatable bonds is 66. The summed E-state index contributed by atoms with van der Waals surface area (Å²) in [5, 5.41) is 0. The predicted octanol–water partition coefficient (Wildman–Crippen LogP) is 24.8. The first-order chi connectivity index (χ1) is 40.5. The summed E-state index contributed by atoms with van der Waals surface area (Å²) in [7, 11) is 0. The lowest BCUT2D eigenvalue weighted by Crippen LogP contribution is -2.30. The highest BCUT2D eigenvalue weighted by atomic mass is 16.6. The van der Waals surface area contributed by atoms with E-state index in [4.69, 9.17) is 14.2 Å². The van der Waals surface area contributed by atoms with Crippen LogP contribution in [0.2, 0.25) is 0 Å². The third-order valence-electron chi connectivity index (χ3n) is 15.9. The summed E-state index contributed by atoms with van der Waals surface area (Å²) >= 11 is 0. The van der Waals surface area contributed by atoms with E-state index in [-0.39, 0.29) is 31.1 Å². The molecular formula is C76H136O6. The molecule has 0 aliphatic heterocycles. The van der Waals surface area contributed by atoms with Crippen molar-refractivity contribution in [3.05, 3.63) is 72.9 Å². The Bertz CT molecular complexity index is 1500. The summed E-state index contributed by atoms with van der Waals surface area (Å²) in [5.41, 5.74) is 0. The van der Waals surface area contributed by atoms with E-state index in [1.807, 2.05) is 0 Å². The lowest BCUT2D eigenvalue weighted by molar-refractivity contribution is -0.167. The van der Waals surface area contributed by atoms with Crippen LogP contribution in [0.15, 0.2) is 72.9 Å². The number of ether oxygens (including phenoxy) is 3. The van der Waals surface area contributed by atoms with E-state index in [1.165, 1.54) is 238 Å². The molecule has 0 bridgehead atoms. The summed E-state index contributed by atoms with van der Waals surface area (Å²) in [6.07, 6.45) is 92.2. The van der Waals surface area contributed by atoms with Gasteiger partial charge in [0.15, 0.2) is 6.10 Å². The molecule has 0 amide bonds. The number of allylic oxidation sites excluding steroid dienone is 12. The zero-order valence-corrected chi connectivity index (χ0v) is 54.8. The molecule has 6 nitrogen and oxygen atoms in total. The zero-order chi connectivity index (χ0) is 59.2. The van der Waals surface area contributed by atoms with Crippen molar-refractivity contribution in [2.24, 2.45) is 0 Å². The zero-order valence-electron chi connectivity index (χ0n) is 54.8. The fourth-order valence-electron chi connectivity index (χ4n) is 10.6. The largest absolute Gasteiger partial charge is 0.462 e. The van der Waals surface area contributed by atoms with Crippen LogP contribution in [-0.2, 0) is 28.6 Å². The number of hydrogen-bond acceptors (Lipinski definition) is 6. The second-order valence-corrected chi connectivity index (χ2v) is 24.1. The predicted molar refractivity (Wildman–Crippen MR) is 358 cm³/mol. The van der Waals surface area contributed by atoms with E-state index >= 15 is 0 Å². The normalized spacial score (nSPS) is 12.5. The molecule has 1 unspecified atom stereocenters. The number of carbonyl (C=O) groups is 3. The van der Waals surface area contributed by atoms with Gasteiger partial charge < -0.3 is 14.2 Å². The Morgan fingerprint density at radius 3 is 0.756 bits per heavy atom. The van der Waals surface area contributed by atoms with Gasteiger partial charge in [-0.05, 0) is 89.9 Å². The van der Waals surface area contributed by atoms with E-state index in [0.29, 0.717) is 19.3 Å². The third kappa shape index (κ3) is 67.6. The minimum absolute atomic E-state index is 0.0756. The second-order valence-electron chi connectivity index (χ2n) is 24.1. The van der Waals surface area contributed by atoms with Crippen LogP contribution < -0.4 is 0 Å². The molecule has 0 spiro atoms. The van der Waals surface area contributed by atoms with Crippen molar-refractivity contribution < 1.29 is 28.6 Å². The molecule has 0 N–H and O–H groups in total. The molecular weight excluding hydrogens is 1010 g/mol. The summed E-state index contributed by atoms with van der Waals surface area (Å²) in [5.74, 6) is -0.863. The van der Waals surface area contributed by atoms with E-state index in [1.54, 1.807) is 0 Å². The molecule has 6 heteroatoms. The second kappa shape index (κ2) is 70.3. The SMILES string of the molecule is CC/C=C\C/C=C\C/C=C\C/C=C\C/C=C\CCCCCCCCCC(=O)OC(COC(=O)CCCCCCCCCCCCCCCC)COC(=O)CCCCCCCCCCCCCCCCC/C=C\CCCCCCCCCC. The molecule has 0 aromatic rings. The van der Waals surface area contributed by atoms with Crippen molar-refractivity contribution >= 4 is 17.9 Å². The van der Waals surface area contributed by atoms with Crippen LogP contribution in [0.1, 0.15) is 374 Å². The van der Waals surface area contributed by atoms with Gasteiger partial charge in [0.2, 0.25) is 0 Å². The van der Waals surface area contributed by atoms with Crippen LogP contribution in [0.5, 0.6) is 0 Å². The highest BCUT2D eigenvalue weighted by Crippen LogP contribution is 2.18. The van der Waals surface area contributed by atoms with Crippen molar-refractivity contribution in [3.8, 4) is 0 Å². The Kier molecular flexibility index (Phi) is 67.6. The molecule has 0 fully saturated rings. The molecule has 0 saturated carbocycles. The van der Waals surface area contributed by atoms with Crippen LogP contribution >= 0.6 is 0 Å². The maximum atomic E-state index is 13.0.